The van der Waals surface area contributed by atoms with Crippen LogP contribution in [0.1, 0.15) is 26.3 Å². The molecule has 0 heterocycles. The van der Waals surface area contributed by atoms with Crippen molar-refractivity contribution in [2.45, 2.75) is 38.6 Å². The van der Waals surface area contributed by atoms with Gasteiger partial charge in [-0.1, -0.05) is 17.7 Å². The Morgan fingerprint density at radius 2 is 1.80 bits per heavy atom. The van der Waals surface area contributed by atoms with Gasteiger partial charge in [-0.3, -0.25) is 4.79 Å². The van der Waals surface area contributed by atoms with Gasteiger partial charge in [0.2, 0.25) is 15.9 Å². The summed E-state index contributed by atoms with van der Waals surface area (Å²) >= 11 is 0. The van der Waals surface area contributed by atoms with E-state index in [0.29, 0.717) is 6.54 Å². The summed E-state index contributed by atoms with van der Waals surface area (Å²) in [5.41, 5.74) is 1.01. The van der Waals surface area contributed by atoms with Gasteiger partial charge in [-0.05, 0) is 32.9 Å². The Morgan fingerprint density at radius 1 is 1.25 bits per heavy atom. The van der Waals surface area contributed by atoms with Crippen LogP contribution in [0.2, 0.25) is 0 Å². The maximum absolute atomic E-state index is 12.1. The largest absolute Gasteiger partial charge is 0.339 e. The minimum Gasteiger partial charge on any atom is -0.339 e. The lowest BCUT2D eigenvalue weighted by atomic mass is 10.2. The quantitative estimate of drug-likeness (QED) is 0.866. The zero-order valence-corrected chi connectivity index (χ0v) is 13.2. The molecule has 0 unspecified atom stereocenters. The number of carbonyl (C=O) groups is 1. The van der Waals surface area contributed by atoms with E-state index >= 15 is 0 Å². The van der Waals surface area contributed by atoms with E-state index in [2.05, 4.69) is 4.72 Å². The van der Waals surface area contributed by atoms with Gasteiger partial charge in [-0.2, -0.15) is 0 Å². The Labute approximate surface area is 121 Å². The Kier molecular flexibility index (Phi) is 5.71. The third kappa shape index (κ3) is 4.61. The molecule has 1 rings (SSSR count). The average molecular weight is 298 g/mol. The minimum absolute atomic E-state index is 0.0522. The molecule has 0 atom stereocenters. The fourth-order valence-corrected chi connectivity index (χ4v) is 2.90. The predicted molar refractivity (Wildman–Crippen MR) is 78.9 cm³/mol. The van der Waals surface area contributed by atoms with E-state index in [9.17, 15) is 13.2 Å². The van der Waals surface area contributed by atoms with Gasteiger partial charge >= 0.3 is 0 Å². The maximum Gasteiger partial charge on any atom is 0.240 e. The smallest absolute Gasteiger partial charge is 0.240 e. The van der Waals surface area contributed by atoms with E-state index in [4.69, 9.17) is 0 Å². The van der Waals surface area contributed by atoms with Gasteiger partial charge in [0.1, 0.15) is 0 Å². The van der Waals surface area contributed by atoms with Crippen LogP contribution < -0.4 is 4.72 Å². The van der Waals surface area contributed by atoms with Crippen molar-refractivity contribution in [2.75, 3.05) is 13.1 Å². The number of hydrogen-bond acceptors (Lipinski definition) is 3. The number of carbonyl (C=O) groups excluding carboxylic acids is 1. The van der Waals surface area contributed by atoms with Crippen LogP contribution in [0, 0.1) is 6.92 Å². The van der Waals surface area contributed by atoms with Gasteiger partial charge in [0.15, 0.2) is 0 Å². The van der Waals surface area contributed by atoms with E-state index in [1.165, 1.54) is 6.92 Å². The van der Waals surface area contributed by atoms with Gasteiger partial charge in [-0.25, -0.2) is 13.1 Å². The zero-order chi connectivity index (χ0) is 15.3. The van der Waals surface area contributed by atoms with Crippen LogP contribution in [-0.2, 0) is 14.8 Å². The monoisotopic (exact) mass is 298 g/mol. The van der Waals surface area contributed by atoms with Crippen molar-refractivity contribution in [1.82, 2.24) is 9.62 Å². The molecule has 5 nitrogen and oxygen atoms in total. The minimum atomic E-state index is -3.51. The lowest BCUT2D eigenvalue weighted by Gasteiger charge is -2.25. The molecule has 0 aliphatic rings. The Bertz CT molecular complexity index is 550. The van der Waals surface area contributed by atoms with Crippen molar-refractivity contribution in [1.29, 1.82) is 0 Å². The van der Waals surface area contributed by atoms with E-state index in [1.807, 2.05) is 20.8 Å². The van der Waals surface area contributed by atoms with Crippen molar-refractivity contribution in [3.8, 4) is 0 Å². The first-order valence-corrected chi connectivity index (χ1v) is 8.06. The second-order valence-electron chi connectivity index (χ2n) is 5.02. The molecule has 0 saturated heterocycles. The first kappa shape index (κ1) is 16.7. The van der Waals surface area contributed by atoms with Gasteiger partial charge in [0.25, 0.3) is 0 Å². The number of benzene rings is 1. The summed E-state index contributed by atoms with van der Waals surface area (Å²) in [4.78, 5) is 13.3. The molecule has 0 radical (unpaired) electrons. The molecule has 0 spiro atoms. The molecule has 6 heteroatoms. The molecule has 1 aromatic carbocycles. The fourth-order valence-electron chi connectivity index (χ4n) is 1.88. The second kappa shape index (κ2) is 6.85. The third-order valence-electron chi connectivity index (χ3n) is 3.00. The first-order valence-electron chi connectivity index (χ1n) is 6.57. The van der Waals surface area contributed by atoms with Crippen LogP contribution >= 0.6 is 0 Å². The molecular weight excluding hydrogens is 276 g/mol. The Hall–Kier alpha value is -1.40. The van der Waals surface area contributed by atoms with Crippen molar-refractivity contribution >= 4 is 15.9 Å². The molecule has 0 bridgehead atoms. The van der Waals surface area contributed by atoms with Crippen molar-refractivity contribution in [3.63, 3.8) is 0 Å². The lowest BCUT2D eigenvalue weighted by molar-refractivity contribution is -0.130. The third-order valence-corrected chi connectivity index (χ3v) is 4.48. The molecule has 1 aromatic rings. The van der Waals surface area contributed by atoms with Crippen LogP contribution in [0.5, 0.6) is 0 Å². The number of nitrogens with zero attached hydrogens (tertiary/aromatic N) is 1. The van der Waals surface area contributed by atoms with Crippen LogP contribution in [0.3, 0.4) is 0 Å². The van der Waals surface area contributed by atoms with Gasteiger partial charge in [-0.15, -0.1) is 0 Å². The molecule has 0 saturated carbocycles. The van der Waals surface area contributed by atoms with Gasteiger partial charge in [0.05, 0.1) is 4.90 Å². The summed E-state index contributed by atoms with van der Waals surface area (Å²) in [6.07, 6.45) is 0. The number of hydrogen-bond donors (Lipinski definition) is 1. The highest BCUT2D eigenvalue weighted by atomic mass is 32.2. The Morgan fingerprint density at radius 3 is 2.25 bits per heavy atom. The van der Waals surface area contributed by atoms with Gasteiger partial charge in [0, 0.05) is 26.1 Å². The molecule has 20 heavy (non-hydrogen) atoms. The molecule has 1 amide bonds. The fraction of sp³-hybridized carbons (Fsp3) is 0.500. The summed E-state index contributed by atoms with van der Waals surface area (Å²) in [6.45, 7) is 7.74. The first-order chi connectivity index (χ1) is 9.24. The lowest BCUT2D eigenvalue weighted by Crippen LogP contribution is -2.41. The number of amides is 1. The van der Waals surface area contributed by atoms with Crippen molar-refractivity contribution < 1.29 is 13.2 Å². The molecule has 1 N–H and O–H groups in total. The predicted octanol–water partition coefficient (Wildman–Crippen LogP) is 1.53. The van der Waals surface area contributed by atoms with E-state index in [0.717, 1.165) is 5.56 Å². The average Bonchev–Trinajstić information content (AvgIpc) is 2.34. The zero-order valence-electron chi connectivity index (χ0n) is 12.4. The standard InChI is InChI=1S/C14H22N2O3S/c1-11(2)16(13(4)17)10-9-15-20(18,19)14-7-5-12(3)6-8-14/h5-8,11,15H,9-10H2,1-4H3. The second-order valence-corrected chi connectivity index (χ2v) is 6.78. The van der Waals surface area contributed by atoms with E-state index in [-0.39, 0.29) is 23.4 Å². The summed E-state index contributed by atoms with van der Waals surface area (Å²) in [5, 5.41) is 0. The summed E-state index contributed by atoms with van der Waals surface area (Å²) < 4.78 is 26.6. The number of sulfonamides is 1. The van der Waals surface area contributed by atoms with E-state index < -0.39 is 10.0 Å². The SMILES string of the molecule is CC(=O)N(CCNS(=O)(=O)c1ccc(C)cc1)C(C)C. The molecule has 0 fully saturated rings. The summed E-state index contributed by atoms with van der Waals surface area (Å²) in [6, 6.07) is 6.71. The van der Waals surface area contributed by atoms with Gasteiger partial charge < -0.3 is 4.90 Å². The molecule has 0 aliphatic carbocycles. The normalized spacial score (nSPS) is 11.7. The topological polar surface area (TPSA) is 66.5 Å². The van der Waals surface area contributed by atoms with Crippen LogP contribution in [0.4, 0.5) is 0 Å². The molecule has 0 aliphatic heterocycles. The van der Waals surface area contributed by atoms with Crippen molar-refractivity contribution in [2.24, 2.45) is 0 Å². The van der Waals surface area contributed by atoms with Crippen molar-refractivity contribution in [3.05, 3.63) is 29.8 Å². The highest BCUT2D eigenvalue weighted by molar-refractivity contribution is 7.89. The number of nitrogens with one attached hydrogen (secondary N) is 1. The number of aryl methyl sites for hydroxylation is 1. The molecule has 0 aromatic heterocycles. The van der Waals surface area contributed by atoms with Crippen LogP contribution in [0.15, 0.2) is 29.2 Å². The summed E-state index contributed by atoms with van der Waals surface area (Å²) in [5.74, 6) is -0.0606. The molecule has 112 valence electrons. The van der Waals surface area contributed by atoms with E-state index in [1.54, 1.807) is 29.2 Å². The molecular formula is C14H22N2O3S. The van der Waals surface area contributed by atoms with Crippen LogP contribution in [0.25, 0.3) is 0 Å². The number of rotatable bonds is 6. The highest BCUT2D eigenvalue weighted by Crippen LogP contribution is 2.09. The summed E-state index contributed by atoms with van der Waals surface area (Å²) in [7, 11) is -3.51. The van der Waals surface area contributed by atoms with Crippen LogP contribution in [-0.4, -0.2) is 38.4 Å². The Balaban J connectivity index is 2.64. The maximum atomic E-state index is 12.1. The highest BCUT2D eigenvalue weighted by Gasteiger charge is 2.16.